The summed E-state index contributed by atoms with van der Waals surface area (Å²) in [6, 6.07) is 18.7. The zero-order valence-electron chi connectivity index (χ0n) is 20.2. The quantitative estimate of drug-likeness (QED) is 0.362. The van der Waals surface area contributed by atoms with Crippen LogP contribution in [-0.4, -0.2) is 41.6 Å². The summed E-state index contributed by atoms with van der Waals surface area (Å²) >= 11 is 0. The van der Waals surface area contributed by atoms with Gasteiger partial charge in [0.25, 0.3) is 0 Å². The van der Waals surface area contributed by atoms with Gasteiger partial charge in [-0.15, -0.1) is 0 Å². The monoisotopic (exact) mass is 465 g/mol. The summed E-state index contributed by atoms with van der Waals surface area (Å²) < 4.78 is 11.8. The van der Waals surface area contributed by atoms with E-state index in [9.17, 15) is 0 Å². The van der Waals surface area contributed by atoms with Gasteiger partial charge in [0.2, 0.25) is 5.88 Å². The maximum atomic E-state index is 6.20. The first-order chi connectivity index (χ1) is 17.3. The Hall–Kier alpha value is -3.57. The smallest absolute Gasteiger partial charge is 0.226 e. The number of nitrogens with one attached hydrogen (secondary N) is 1. The normalized spacial score (nSPS) is 17.6. The molecule has 2 aliphatic heterocycles. The number of allylic oxidation sites excluding steroid dienone is 1. The Morgan fingerprint density at radius 3 is 2.86 bits per heavy atom. The number of nitrogens with zero attached hydrogens (tertiary/aromatic N) is 2. The van der Waals surface area contributed by atoms with Gasteiger partial charge < -0.3 is 19.4 Å². The van der Waals surface area contributed by atoms with Crippen molar-refractivity contribution in [2.75, 3.05) is 26.7 Å². The van der Waals surface area contributed by atoms with Crippen molar-refractivity contribution in [3.8, 4) is 17.4 Å². The lowest BCUT2D eigenvalue weighted by Gasteiger charge is -2.31. The molecule has 6 rings (SSSR count). The summed E-state index contributed by atoms with van der Waals surface area (Å²) in [6.45, 7) is 3.36. The van der Waals surface area contributed by atoms with Crippen molar-refractivity contribution in [3.05, 3.63) is 89.8 Å². The number of fused-ring (bicyclic) bond motifs is 3. The van der Waals surface area contributed by atoms with E-state index >= 15 is 0 Å². The van der Waals surface area contributed by atoms with E-state index in [0.717, 1.165) is 55.1 Å². The van der Waals surface area contributed by atoms with E-state index < -0.39 is 0 Å². The number of para-hydroxylation sites is 1. The topological polar surface area (TPSA) is 50.4 Å². The molecule has 0 amide bonds. The Bertz CT molecular complexity index is 1370. The molecule has 0 radical (unpaired) electrons. The second-order valence-corrected chi connectivity index (χ2v) is 9.50. The molecule has 0 aliphatic carbocycles. The number of likely N-dealkylation sites (tertiary alicyclic amines) is 1. The minimum absolute atomic E-state index is 0.640. The second-order valence-electron chi connectivity index (χ2n) is 9.50. The number of piperidine rings is 1. The third-order valence-electron chi connectivity index (χ3n) is 7.49. The van der Waals surface area contributed by atoms with Crippen LogP contribution in [0.4, 0.5) is 0 Å². The zero-order valence-corrected chi connectivity index (χ0v) is 20.2. The Morgan fingerprint density at radius 2 is 1.97 bits per heavy atom. The zero-order chi connectivity index (χ0) is 23.6. The summed E-state index contributed by atoms with van der Waals surface area (Å²) in [5, 5.41) is 1.38. The molecule has 178 valence electrons. The van der Waals surface area contributed by atoms with E-state index in [1.807, 2.05) is 24.3 Å². The van der Waals surface area contributed by atoms with E-state index in [1.54, 1.807) is 13.3 Å². The van der Waals surface area contributed by atoms with Crippen LogP contribution in [0.2, 0.25) is 0 Å². The maximum absolute atomic E-state index is 6.20. The Kier molecular flexibility index (Phi) is 6.01. The predicted molar refractivity (Wildman–Crippen MR) is 140 cm³/mol. The number of benzene rings is 2. The average molecular weight is 466 g/mol. The number of rotatable bonds is 5. The first-order valence-electron chi connectivity index (χ1n) is 12.6. The van der Waals surface area contributed by atoms with E-state index in [1.165, 1.54) is 34.9 Å². The number of hydrogen-bond donors (Lipinski definition) is 1. The number of aromatic nitrogens is 2. The molecule has 2 aromatic heterocycles. The van der Waals surface area contributed by atoms with E-state index in [2.05, 4.69) is 57.5 Å². The lowest BCUT2D eigenvalue weighted by molar-refractivity contribution is 0.216. The molecule has 4 aromatic rings. The van der Waals surface area contributed by atoms with Gasteiger partial charge in [0.15, 0.2) is 0 Å². The van der Waals surface area contributed by atoms with Crippen LogP contribution in [0.25, 0.3) is 16.5 Å². The molecule has 2 aliphatic rings. The highest BCUT2D eigenvalue weighted by atomic mass is 16.5. The van der Waals surface area contributed by atoms with Crippen molar-refractivity contribution in [3.63, 3.8) is 0 Å². The van der Waals surface area contributed by atoms with Gasteiger partial charge in [0, 0.05) is 47.4 Å². The highest BCUT2D eigenvalue weighted by Gasteiger charge is 2.24. The van der Waals surface area contributed by atoms with E-state index in [-0.39, 0.29) is 0 Å². The van der Waals surface area contributed by atoms with Gasteiger partial charge in [0.1, 0.15) is 11.5 Å². The molecule has 5 nitrogen and oxygen atoms in total. The minimum Gasteiger partial charge on any atom is -0.496 e. The van der Waals surface area contributed by atoms with Crippen LogP contribution in [0.5, 0.6) is 17.4 Å². The fourth-order valence-corrected chi connectivity index (χ4v) is 5.62. The van der Waals surface area contributed by atoms with Crippen molar-refractivity contribution in [2.24, 2.45) is 0 Å². The number of ether oxygens (including phenoxy) is 2. The molecule has 35 heavy (non-hydrogen) atoms. The summed E-state index contributed by atoms with van der Waals surface area (Å²) in [7, 11) is 1.72. The molecule has 1 saturated heterocycles. The average Bonchev–Trinajstić information content (AvgIpc) is 3.26. The lowest BCUT2D eigenvalue weighted by atomic mass is 9.89. The van der Waals surface area contributed by atoms with Crippen LogP contribution in [0, 0.1) is 0 Å². The third kappa shape index (κ3) is 4.32. The van der Waals surface area contributed by atoms with Crippen molar-refractivity contribution in [2.45, 2.75) is 31.6 Å². The first-order valence-corrected chi connectivity index (χ1v) is 12.6. The van der Waals surface area contributed by atoms with Crippen LogP contribution >= 0.6 is 0 Å². The molecule has 1 N–H and O–H groups in total. The maximum Gasteiger partial charge on any atom is 0.226 e. The molecule has 5 heteroatoms. The summed E-state index contributed by atoms with van der Waals surface area (Å²) in [6.07, 6.45) is 10.6. The van der Waals surface area contributed by atoms with Gasteiger partial charge in [-0.1, -0.05) is 30.3 Å². The molecule has 0 unspecified atom stereocenters. The largest absolute Gasteiger partial charge is 0.496 e. The van der Waals surface area contributed by atoms with Crippen molar-refractivity contribution in [1.29, 1.82) is 0 Å². The van der Waals surface area contributed by atoms with Gasteiger partial charge in [-0.3, -0.25) is 0 Å². The molecule has 0 bridgehead atoms. The van der Waals surface area contributed by atoms with Gasteiger partial charge >= 0.3 is 0 Å². The lowest BCUT2D eigenvalue weighted by Crippen LogP contribution is -2.33. The Labute approximate surface area is 206 Å². The van der Waals surface area contributed by atoms with E-state index in [4.69, 9.17) is 9.47 Å². The van der Waals surface area contributed by atoms with Gasteiger partial charge in [0.05, 0.1) is 7.11 Å². The highest BCUT2D eigenvalue weighted by molar-refractivity contribution is 5.83. The van der Waals surface area contributed by atoms with Crippen LogP contribution < -0.4 is 9.47 Å². The predicted octanol–water partition coefficient (Wildman–Crippen LogP) is 6.57. The second kappa shape index (κ2) is 9.59. The molecule has 1 fully saturated rings. The minimum atomic E-state index is 0.640. The Morgan fingerprint density at radius 1 is 1.09 bits per heavy atom. The SMILES string of the molecule is COc1cccc2c1C/C(=C/CCN1CCC(c3c[nH]c4ccccc34)CC1)c1cccnc1O2. The van der Waals surface area contributed by atoms with Crippen LogP contribution in [0.3, 0.4) is 0 Å². The number of H-pyrrole nitrogens is 1. The van der Waals surface area contributed by atoms with Crippen LogP contribution in [-0.2, 0) is 6.42 Å². The molecule has 0 spiro atoms. The third-order valence-corrected chi connectivity index (χ3v) is 7.49. The molecular weight excluding hydrogens is 434 g/mol. The number of hydrogen-bond acceptors (Lipinski definition) is 4. The number of pyridine rings is 1. The molecular formula is C30H31N3O2. The van der Waals surface area contributed by atoms with E-state index in [0.29, 0.717) is 11.8 Å². The van der Waals surface area contributed by atoms with Gasteiger partial charge in [-0.05, 0) is 79.7 Å². The van der Waals surface area contributed by atoms with Crippen LogP contribution in [0.1, 0.15) is 41.9 Å². The van der Waals surface area contributed by atoms with Gasteiger partial charge in [-0.25, -0.2) is 4.98 Å². The molecule has 0 saturated carbocycles. The fraction of sp³-hybridized carbons (Fsp3) is 0.300. The molecule has 0 atom stereocenters. The number of methoxy groups -OCH3 is 1. The summed E-state index contributed by atoms with van der Waals surface area (Å²) in [5.41, 5.74) is 6.14. The number of aromatic amines is 1. The summed E-state index contributed by atoms with van der Waals surface area (Å²) in [4.78, 5) is 10.6. The first kappa shape index (κ1) is 21.9. The Balaban J connectivity index is 1.14. The van der Waals surface area contributed by atoms with Crippen molar-refractivity contribution < 1.29 is 9.47 Å². The van der Waals surface area contributed by atoms with Crippen molar-refractivity contribution >= 4 is 16.5 Å². The van der Waals surface area contributed by atoms with Gasteiger partial charge in [-0.2, -0.15) is 0 Å². The fourth-order valence-electron chi connectivity index (χ4n) is 5.62. The highest BCUT2D eigenvalue weighted by Crippen LogP contribution is 2.41. The van der Waals surface area contributed by atoms with Crippen LogP contribution in [0.15, 0.2) is 73.1 Å². The summed E-state index contributed by atoms with van der Waals surface area (Å²) in [5.74, 6) is 3.00. The molecule has 4 heterocycles. The van der Waals surface area contributed by atoms with Crippen molar-refractivity contribution in [1.82, 2.24) is 14.9 Å². The molecule has 2 aromatic carbocycles. The standard InChI is InChI=1S/C30H31N3O2/c1-34-28-11-4-12-29-25(28)19-22(23-9-5-15-31-30(23)35-29)7-6-16-33-17-13-21(14-18-33)26-20-32-27-10-3-2-8-24(26)27/h2-5,7-12,15,20-21,32H,6,13-14,16-19H2,1H3/b22-7-.